The molecule has 0 aromatic carbocycles. The van der Waals surface area contributed by atoms with Crippen molar-refractivity contribution in [2.45, 2.75) is 77.5 Å². The van der Waals surface area contributed by atoms with Gasteiger partial charge in [-0.15, -0.1) is 0 Å². The van der Waals surface area contributed by atoms with Crippen molar-refractivity contribution in [3.05, 3.63) is 0 Å². The lowest BCUT2D eigenvalue weighted by Crippen LogP contribution is -2.59. The quantitative estimate of drug-likeness (QED) is 0.168. The number of carboxylic acids is 1. The summed E-state index contributed by atoms with van der Waals surface area (Å²) in [6.07, 6.45) is 2.52. The van der Waals surface area contributed by atoms with E-state index < -0.39 is 53.8 Å². The number of nitrogens with two attached hydrogens (primary N) is 2. The average Bonchev–Trinajstić information content (AvgIpc) is 2.72. The minimum absolute atomic E-state index is 0.0206. The van der Waals surface area contributed by atoms with E-state index in [1.54, 1.807) is 6.92 Å². The van der Waals surface area contributed by atoms with E-state index in [9.17, 15) is 29.1 Å². The van der Waals surface area contributed by atoms with Crippen LogP contribution in [0.1, 0.15) is 53.4 Å². The van der Waals surface area contributed by atoms with Crippen LogP contribution in [0, 0.1) is 11.8 Å². The molecule has 190 valence electrons. The van der Waals surface area contributed by atoms with Crippen LogP contribution >= 0.6 is 11.8 Å². The molecule has 0 saturated heterocycles. The number of carboxylic acid groups (broad SMARTS) is 1. The van der Waals surface area contributed by atoms with E-state index in [4.69, 9.17) is 11.5 Å². The number of thioether (sulfide) groups is 1. The summed E-state index contributed by atoms with van der Waals surface area (Å²) in [6, 6.07) is -4.27. The molecule has 5 atom stereocenters. The molecule has 4 amide bonds. The van der Waals surface area contributed by atoms with Gasteiger partial charge in [0.2, 0.25) is 23.6 Å². The third kappa shape index (κ3) is 11.9. The number of hydrogen-bond acceptors (Lipinski definition) is 7. The largest absolute Gasteiger partial charge is 0.480 e. The summed E-state index contributed by atoms with van der Waals surface area (Å²) in [5.41, 5.74) is 10.7. The third-order valence-corrected chi connectivity index (χ3v) is 5.76. The maximum absolute atomic E-state index is 13.0. The predicted molar refractivity (Wildman–Crippen MR) is 127 cm³/mol. The molecule has 5 unspecified atom stereocenters. The van der Waals surface area contributed by atoms with Crippen molar-refractivity contribution < 1.29 is 29.1 Å². The van der Waals surface area contributed by atoms with Crippen molar-refractivity contribution in [3.8, 4) is 0 Å². The van der Waals surface area contributed by atoms with E-state index in [2.05, 4.69) is 16.0 Å². The highest BCUT2D eigenvalue weighted by atomic mass is 32.2. The molecule has 0 aliphatic carbocycles. The number of carbonyl (C=O) groups is 5. The van der Waals surface area contributed by atoms with E-state index in [1.165, 1.54) is 11.8 Å². The number of rotatable bonds is 16. The molecular formula is C21H39N5O6S. The number of aliphatic carboxylic acids is 1. The molecule has 0 aromatic rings. The van der Waals surface area contributed by atoms with Gasteiger partial charge < -0.3 is 32.5 Å². The minimum atomic E-state index is -1.20. The fraction of sp³-hybridized carbons (Fsp3) is 0.762. The van der Waals surface area contributed by atoms with Crippen LogP contribution in [-0.4, -0.2) is 70.9 Å². The van der Waals surface area contributed by atoms with E-state index in [0.717, 1.165) is 0 Å². The Morgan fingerprint density at radius 3 is 1.97 bits per heavy atom. The fourth-order valence-corrected chi connectivity index (χ4v) is 3.47. The van der Waals surface area contributed by atoms with Crippen molar-refractivity contribution >= 4 is 41.4 Å². The lowest BCUT2D eigenvalue weighted by molar-refractivity contribution is -0.142. The molecule has 8 N–H and O–H groups in total. The molecule has 0 heterocycles. The van der Waals surface area contributed by atoms with E-state index in [-0.39, 0.29) is 31.1 Å². The Bertz CT molecular complexity index is 690. The Balaban J connectivity index is 5.53. The molecular weight excluding hydrogens is 450 g/mol. The maximum atomic E-state index is 13.0. The Kier molecular flexibility index (Phi) is 14.4. The minimum Gasteiger partial charge on any atom is -0.480 e. The van der Waals surface area contributed by atoms with Gasteiger partial charge in [0.1, 0.15) is 18.1 Å². The molecule has 0 aliphatic heterocycles. The Labute approximate surface area is 199 Å². The van der Waals surface area contributed by atoms with Crippen LogP contribution in [0.25, 0.3) is 0 Å². The van der Waals surface area contributed by atoms with Crippen LogP contribution in [0.4, 0.5) is 0 Å². The van der Waals surface area contributed by atoms with Gasteiger partial charge in [-0.3, -0.25) is 19.2 Å². The molecule has 0 aromatic heterocycles. The van der Waals surface area contributed by atoms with Crippen LogP contribution in [0.5, 0.6) is 0 Å². The van der Waals surface area contributed by atoms with Crippen LogP contribution < -0.4 is 27.4 Å². The average molecular weight is 490 g/mol. The Morgan fingerprint density at radius 2 is 1.52 bits per heavy atom. The first-order valence-electron chi connectivity index (χ1n) is 11.0. The maximum Gasteiger partial charge on any atom is 0.326 e. The van der Waals surface area contributed by atoms with Gasteiger partial charge in [0, 0.05) is 0 Å². The van der Waals surface area contributed by atoms with Crippen molar-refractivity contribution in [1.82, 2.24) is 16.0 Å². The van der Waals surface area contributed by atoms with Gasteiger partial charge in [0.25, 0.3) is 0 Å². The van der Waals surface area contributed by atoms with Crippen LogP contribution in [0.2, 0.25) is 0 Å². The summed E-state index contributed by atoms with van der Waals surface area (Å²) in [5, 5.41) is 17.1. The smallest absolute Gasteiger partial charge is 0.326 e. The van der Waals surface area contributed by atoms with Gasteiger partial charge in [-0.1, -0.05) is 34.1 Å². The Morgan fingerprint density at radius 1 is 0.939 bits per heavy atom. The summed E-state index contributed by atoms with van der Waals surface area (Å²) < 4.78 is 0. The molecule has 0 spiro atoms. The molecule has 0 aliphatic rings. The highest BCUT2D eigenvalue weighted by Crippen LogP contribution is 2.12. The number of nitrogens with one attached hydrogen (secondary N) is 3. The Hall–Kier alpha value is -2.34. The zero-order valence-corrected chi connectivity index (χ0v) is 20.9. The first-order chi connectivity index (χ1) is 15.3. The van der Waals surface area contributed by atoms with Gasteiger partial charge in [0.05, 0.1) is 12.5 Å². The summed E-state index contributed by atoms with van der Waals surface area (Å²) >= 11 is 1.46. The van der Waals surface area contributed by atoms with Crippen LogP contribution in [0.15, 0.2) is 0 Å². The summed E-state index contributed by atoms with van der Waals surface area (Å²) in [6.45, 7) is 7.33. The van der Waals surface area contributed by atoms with Crippen molar-refractivity contribution in [2.75, 3.05) is 12.0 Å². The second-order valence-corrected chi connectivity index (χ2v) is 9.51. The number of primary amides is 1. The molecule has 33 heavy (non-hydrogen) atoms. The highest BCUT2D eigenvalue weighted by molar-refractivity contribution is 7.98. The summed E-state index contributed by atoms with van der Waals surface area (Å²) in [7, 11) is 0. The second kappa shape index (κ2) is 15.5. The fourth-order valence-electron chi connectivity index (χ4n) is 3.00. The SMILES string of the molecule is CCC(C)C(NC(=O)C(CC(C)C)NC(=O)C(N)CC(N)=O)C(=O)NC(CCSC)C(=O)O. The standard InChI is InChI=1S/C21H39N5O6S/c1-6-12(4)17(20(30)24-14(21(31)32)7-8-33-5)26-19(29)15(9-11(2)3)25-18(28)13(22)10-16(23)27/h11-15,17H,6-10,22H2,1-5H3,(H2,23,27)(H,24,30)(H,25,28)(H,26,29)(H,31,32). The molecule has 0 fully saturated rings. The van der Waals surface area contributed by atoms with E-state index in [1.807, 2.05) is 27.0 Å². The van der Waals surface area contributed by atoms with Crippen molar-refractivity contribution in [2.24, 2.45) is 23.3 Å². The van der Waals surface area contributed by atoms with Gasteiger partial charge in [-0.2, -0.15) is 11.8 Å². The van der Waals surface area contributed by atoms with Crippen molar-refractivity contribution in [1.29, 1.82) is 0 Å². The number of amides is 4. The molecule has 0 radical (unpaired) electrons. The zero-order valence-electron chi connectivity index (χ0n) is 20.1. The number of hydrogen-bond donors (Lipinski definition) is 6. The summed E-state index contributed by atoms with van der Waals surface area (Å²) in [4.78, 5) is 60.8. The van der Waals surface area contributed by atoms with E-state index in [0.29, 0.717) is 12.2 Å². The second-order valence-electron chi connectivity index (χ2n) is 8.52. The molecule has 11 nitrogen and oxygen atoms in total. The summed E-state index contributed by atoms with van der Waals surface area (Å²) in [5.74, 6) is -3.53. The van der Waals surface area contributed by atoms with Crippen molar-refractivity contribution in [3.63, 3.8) is 0 Å². The normalized spacial score (nSPS) is 15.6. The third-order valence-electron chi connectivity index (χ3n) is 5.12. The lowest BCUT2D eigenvalue weighted by atomic mass is 9.96. The van der Waals surface area contributed by atoms with Gasteiger partial charge in [-0.05, 0) is 36.7 Å². The molecule has 12 heteroatoms. The number of carbonyl (C=O) groups excluding carboxylic acids is 4. The van der Waals surface area contributed by atoms with Gasteiger partial charge >= 0.3 is 5.97 Å². The first-order valence-corrected chi connectivity index (χ1v) is 12.4. The van der Waals surface area contributed by atoms with Crippen LogP contribution in [0.3, 0.4) is 0 Å². The highest BCUT2D eigenvalue weighted by Gasteiger charge is 2.33. The topological polar surface area (TPSA) is 194 Å². The predicted octanol–water partition coefficient (Wildman–Crippen LogP) is -0.427. The molecule has 0 bridgehead atoms. The monoisotopic (exact) mass is 489 g/mol. The van der Waals surface area contributed by atoms with Gasteiger partial charge in [-0.25, -0.2) is 4.79 Å². The first kappa shape index (κ1) is 30.7. The van der Waals surface area contributed by atoms with Gasteiger partial charge in [0.15, 0.2) is 0 Å². The zero-order chi connectivity index (χ0) is 25.7. The molecule has 0 saturated carbocycles. The lowest BCUT2D eigenvalue weighted by Gasteiger charge is -2.28. The van der Waals surface area contributed by atoms with E-state index >= 15 is 0 Å². The molecule has 0 rings (SSSR count). The van der Waals surface area contributed by atoms with Crippen LogP contribution in [-0.2, 0) is 24.0 Å².